The van der Waals surface area contributed by atoms with Crippen LogP contribution in [0.25, 0.3) is 0 Å². The number of rotatable bonds is 10. The molecule has 5 heteroatoms. The highest BCUT2D eigenvalue weighted by atomic mass is 16.5. The summed E-state index contributed by atoms with van der Waals surface area (Å²) in [4.78, 5) is 15.5. The van der Waals surface area contributed by atoms with Crippen LogP contribution in [0.1, 0.15) is 68.7 Å². The van der Waals surface area contributed by atoms with Gasteiger partial charge in [-0.2, -0.15) is 5.26 Å². The largest absolute Gasteiger partial charge is 0.494 e. The third-order valence-electron chi connectivity index (χ3n) is 5.99. The Labute approximate surface area is 192 Å². The Balaban J connectivity index is 1.75. The molecule has 0 aliphatic carbocycles. The van der Waals surface area contributed by atoms with E-state index in [1.165, 1.54) is 30.5 Å². The number of ether oxygens (including phenoxy) is 1. The smallest absolute Gasteiger partial charge is 0.224 e. The van der Waals surface area contributed by atoms with E-state index in [1.807, 2.05) is 25.1 Å². The van der Waals surface area contributed by atoms with E-state index < -0.39 is 0 Å². The van der Waals surface area contributed by atoms with Gasteiger partial charge in [-0.15, -0.1) is 0 Å². The molecule has 32 heavy (non-hydrogen) atoms. The summed E-state index contributed by atoms with van der Waals surface area (Å²) >= 11 is 0. The van der Waals surface area contributed by atoms with Crippen molar-refractivity contribution in [2.24, 2.45) is 0 Å². The molecular formula is C27H35N3O2. The van der Waals surface area contributed by atoms with E-state index in [9.17, 15) is 4.79 Å². The molecule has 3 rings (SSSR count). The number of amides is 1. The summed E-state index contributed by atoms with van der Waals surface area (Å²) in [6, 6.07) is 16.4. The number of para-hydroxylation sites is 1. The predicted molar refractivity (Wildman–Crippen MR) is 129 cm³/mol. The van der Waals surface area contributed by atoms with Crippen LogP contribution in [0.2, 0.25) is 0 Å². The highest BCUT2D eigenvalue weighted by Crippen LogP contribution is 2.31. The first-order valence-electron chi connectivity index (χ1n) is 11.9. The molecule has 1 heterocycles. The molecule has 0 saturated carbocycles. The number of hydrogen-bond donors (Lipinski definition) is 1. The molecule has 1 unspecified atom stereocenters. The fraction of sp³-hybridized carbons (Fsp3) is 0.481. The van der Waals surface area contributed by atoms with Crippen LogP contribution < -0.4 is 15.0 Å². The lowest BCUT2D eigenvalue weighted by atomic mass is 9.97. The van der Waals surface area contributed by atoms with Gasteiger partial charge < -0.3 is 15.0 Å². The zero-order valence-electron chi connectivity index (χ0n) is 19.4. The number of carbonyl (C=O) groups excluding carboxylic acids is 1. The molecule has 1 N–H and O–H groups in total. The molecule has 1 amide bonds. The Bertz CT molecular complexity index is 929. The average molecular weight is 434 g/mol. The minimum Gasteiger partial charge on any atom is -0.494 e. The Kier molecular flexibility index (Phi) is 8.98. The lowest BCUT2D eigenvalue weighted by Crippen LogP contribution is -2.34. The first-order chi connectivity index (χ1) is 15.7. The maximum absolute atomic E-state index is 13.0. The molecule has 1 saturated heterocycles. The van der Waals surface area contributed by atoms with E-state index in [4.69, 9.17) is 10.00 Å². The predicted octanol–water partition coefficient (Wildman–Crippen LogP) is 5.34. The molecular weight excluding hydrogens is 398 g/mol. The second kappa shape index (κ2) is 12.1. The number of nitriles is 1. The number of nitrogens with one attached hydrogen (secondary N) is 1. The second-order valence-electron chi connectivity index (χ2n) is 8.40. The maximum Gasteiger partial charge on any atom is 0.224 e. The average Bonchev–Trinajstić information content (AvgIpc) is 2.81. The van der Waals surface area contributed by atoms with E-state index in [1.54, 1.807) is 0 Å². The van der Waals surface area contributed by atoms with Gasteiger partial charge in [0.25, 0.3) is 0 Å². The topological polar surface area (TPSA) is 65.4 Å². The van der Waals surface area contributed by atoms with Crippen LogP contribution in [0.15, 0.2) is 42.5 Å². The number of benzene rings is 2. The van der Waals surface area contributed by atoms with Crippen LogP contribution in [0.4, 0.5) is 5.69 Å². The molecule has 0 aromatic heterocycles. The number of nitrogens with zero attached hydrogens (tertiary/aromatic N) is 2. The SMILES string of the molecule is CCCC(NC(=O)Cc1ccc(CC#N)c(OCC)c1)c1ccccc1N1CCCCC1. The lowest BCUT2D eigenvalue weighted by Gasteiger charge is -2.32. The normalized spacial score (nSPS) is 14.5. The van der Waals surface area contributed by atoms with Crippen molar-refractivity contribution in [3.8, 4) is 11.8 Å². The molecule has 1 aliphatic heterocycles. The van der Waals surface area contributed by atoms with Crippen molar-refractivity contribution in [1.29, 1.82) is 5.26 Å². The van der Waals surface area contributed by atoms with Gasteiger partial charge in [0.05, 0.1) is 31.6 Å². The van der Waals surface area contributed by atoms with Crippen LogP contribution in [-0.2, 0) is 17.6 Å². The minimum atomic E-state index is -0.00477. The van der Waals surface area contributed by atoms with Crippen molar-refractivity contribution < 1.29 is 9.53 Å². The first-order valence-corrected chi connectivity index (χ1v) is 11.9. The molecule has 1 aliphatic rings. The Morgan fingerprint density at radius 2 is 1.94 bits per heavy atom. The van der Waals surface area contributed by atoms with Gasteiger partial charge in [0.15, 0.2) is 0 Å². The van der Waals surface area contributed by atoms with E-state index >= 15 is 0 Å². The van der Waals surface area contributed by atoms with Crippen molar-refractivity contribution in [2.45, 2.75) is 64.8 Å². The summed E-state index contributed by atoms with van der Waals surface area (Å²) in [6.07, 6.45) is 6.24. The maximum atomic E-state index is 13.0. The summed E-state index contributed by atoms with van der Waals surface area (Å²) in [5, 5.41) is 12.3. The Morgan fingerprint density at radius 3 is 2.66 bits per heavy atom. The monoisotopic (exact) mass is 433 g/mol. The molecule has 2 aromatic rings. The van der Waals surface area contributed by atoms with Gasteiger partial charge in [-0.25, -0.2) is 0 Å². The van der Waals surface area contributed by atoms with Crippen molar-refractivity contribution >= 4 is 11.6 Å². The van der Waals surface area contributed by atoms with Gasteiger partial charge in [-0.3, -0.25) is 4.79 Å². The number of piperidine rings is 1. The fourth-order valence-corrected chi connectivity index (χ4v) is 4.46. The minimum absolute atomic E-state index is 0.00477. The van der Waals surface area contributed by atoms with E-state index in [0.717, 1.165) is 37.1 Å². The molecule has 5 nitrogen and oxygen atoms in total. The number of anilines is 1. The molecule has 2 aromatic carbocycles. The van der Waals surface area contributed by atoms with Crippen LogP contribution in [0, 0.1) is 11.3 Å². The Morgan fingerprint density at radius 1 is 1.16 bits per heavy atom. The Hall–Kier alpha value is -3.00. The standard InChI is InChI=1S/C27H35N3O2/c1-3-10-24(23-11-6-7-12-25(23)30-17-8-5-9-18-30)29-27(31)20-21-13-14-22(15-16-28)26(19-21)32-4-2/h6-7,11-14,19,24H,3-5,8-10,15,17-18,20H2,1-2H3,(H,29,31). The van der Waals surface area contributed by atoms with Gasteiger partial charge in [-0.1, -0.05) is 43.7 Å². The molecule has 1 fully saturated rings. The van der Waals surface area contributed by atoms with Gasteiger partial charge in [-0.05, 0) is 55.9 Å². The van der Waals surface area contributed by atoms with E-state index in [-0.39, 0.29) is 11.9 Å². The summed E-state index contributed by atoms with van der Waals surface area (Å²) < 4.78 is 5.70. The first kappa shape index (κ1) is 23.7. The molecule has 170 valence electrons. The summed E-state index contributed by atoms with van der Waals surface area (Å²) in [6.45, 7) is 6.77. The third-order valence-corrected chi connectivity index (χ3v) is 5.99. The second-order valence-corrected chi connectivity index (χ2v) is 8.40. The molecule has 1 atom stereocenters. The third kappa shape index (κ3) is 6.26. The van der Waals surface area contributed by atoms with Crippen LogP contribution >= 0.6 is 0 Å². The fourth-order valence-electron chi connectivity index (χ4n) is 4.46. The number of carbonyl (C=O) groups is 1. The summed E-state index contributed by atoms with van der Waals surface area (Å²) in [5.74, 6) is 0.701. The van der Waals surface area contributed by atoms with Gasteiger partial charge in [0, 0.05) is 24.3 Å². The zero-order valence-corrected chi connectivity index (χ0v) is 19.4. The number of hydrogen-bond acceptors (Lipinski definition) is 4. The summed E-state index contributed by atoms with van der Waals surface area (Å²) in [5.41, 5.74) is 4.22. The summed E-state index contributed by atoms with van der Waals surface area (Å²) in [7, 11) is 0. The molecule has 0 bridgehead atoms. The van der Waals surface area contributed by atoms with Crippen molar-refractivity contribution in [3.05, 3.63) is 59.2 Å². The molecule has 0 radical (unpaired) electrons. The van der Waals surface area contributed by atoms with Gasteiger partial charge in [0.1, 0.15) is 5.75 Å². The highest BCUT2D eigenvalue weighted by Gasteiger charge is 2.21. The van der Waals surface area contributed by atoms with Crippen molar-refractivity contribution in [3.63, 3.8) is 0 Å². The lowest BCUT2D eigenvalue weighted by molar-refractivity contribution is -0.121. The van der Waals surface area contributed by atoms with Crippen LogP contribution in [-0.4, -0.2) is 25.6 Å². The zero-order chi connectivity index (χ0) is 22.8. The van der Waals surface area contributed by atoms with Crippen LogP contribution in [0.3, 0.4) is 0 Å². The van der Waals surface area contributed by atoms with E-state index in [2.05, 4.69) is 47.5 Å². The van der Waals surface area contributed by atoms with Crippen molar-refractivity contribution in [2.75, 3.05) is 24.6 Å². The molecule has 0 spiro atoms. The van der Waals surface area contributed by atoms with Gasteiger partial charge in [0.2, 0.25) is 5.91 Å². The van der Waals surface area contributed by atoms with Crippen LogP contribution in [0.5, 0.6) is 5.75 Å². The van der Waals surface area contributed by atoms with E-state index in [0.29, 0.717) is 25.2 Å². The quantitative estimate of drug-likeness (QED) is 0.549. The van der Waals surface area contributed by atoms with Crippen molar-refractivity contribution in [1.82, 2.24) is 5.32 Å². The highest BCUT2D eigenvalue weighted by molar-refractivity contribution is 5.79. The van der Waals surface area contributed by atoms with Gasteiger partial charge >= 0.3 is 0 Å².